The van der Waals surface area contributed by atoms with Crippen LogP contribution in [0.4, 0.5) is 4.39 Å². The van der Waals surface area contributed by atoms with Gasteiger partial charge in [0.1, 0.15) is 17.2 Å². The Morgan fingerprint density at radius 3 is 2.89 bits per heavy atom. The van der Waals surface area contributed by atoms with E-state index in [2.05, 4.69) is 4.98 Å². The normalized spacial score (nSPS) is 20.2. The zero-order chi connectivity index (χ0) is 24.9. The average Bonchev–Trinajstić information content (AvgIpc) is 3.49. The van der Waals surface area contributed by atoms with Crippen LogP contribution in [-0.4, -0.2) is 35.8 Å². The monoisotopic (exact) mass is 483 g/mol. The Balaban J connectivity index is 1.43. The molecule has 6 rings (SSSR count). The second-order valence-corrected chi connectivity index (χ2v) is 9.74. The summed E-state index contributed by atoms with van der Waals surface area (Å²) in [6, 6.07) is 15.8. The van der Waals surface area contributed by atoms with E-state index in [0.717, 1.165) is 40.6 Å². The maximum Gasteiger partial charge on any atom is 0.248 e. The summed E-state index contributed by atoms with van der Waals surface area (Å²) in [6.07, 6.45) is 8.52. The molecule has 0 radical (unpaired) electrons. The zero-order valence-corrected chi connectivity index (χ0v) is 19.6. The number of nitrogens with two attached hydrogens (primary N) is 1. The number of aromatic nitrogens is 4. The van der Waals surface area contributed by atoms with E-state index in [4.69, 9.17) is 10.8 Å². The van der Waals surface area contributed by atoms with E-state index >= 15 is 0 Å². The van der Waals surface area contributed by atoms with Crippen LogP contribution in [0.1, 0.15) is 47.6 Å². The van der Waals surface area contributed by atoms with Gasteiger partial charge in [0.15, 0.2) is 0 Å². The smallest absolute Gasteiger partial charge is 0.248 e. The molecule has 7 nitrogen and oxygen atoms in total. The molecule has 8 heteroatoms. The van der Waals surface area contributed by atoms with Gasteiger partial charge in [0, 0.05) is 41.5 Å². The molecule has 2 unspecified atom stereocenters. The summed E-state index contributed by atoms with van der Waals surface area (Å²) >= 11 is 0. The summed E-state index contributed by atoms with van der Waals surface area (Å²) < 4.78 is 18.2. The van der Waals surface area contributed by atoms with Gasteiger partial charge in [0.05, 0.1) is 17.2 Å². The van der Waals surface area contributed by atoms with Crippen LogP contribution >= 0.6 is 0 Å². The first-order valence-corrected chi connectivity index (χ1v) is 12.1. The number of hydrogen-bond acceptors (Lipinski definition) is 4. The third-order valence-corrected chi connectivity index (χ3v) is 7.27. The molecule has 5 aromatic rings. The van der Waals surface area contributed by atoms with Gasteiger partial charge >= 0.3 is 0 Å². The topological polar surface area (TPSA) is 98.4 Å². The summed E-state index contributed by atoms with van der Waals surface area (Å²) in [6.45, 7) is 0. The van der Waals surface area contributed by atoms with Crippen LogP contribution in [0, 0.1) is 5.82 Å². The van der Waals surface area contributed by atoms with Gasteiger partial charge in [-0.3, -0.25) is 9.48 Å². The molecule has 3 N–H and O–H groups in total. The summed E-state index contributed by atoms with van der Waals surface area (Å²) in [5.74, 6) is -0.800. The number of carbonyl (C=O) groups is 1. The minimum atomic E-state index is -1.04. The van der Waals surface area contributed by atoms with E-state index in [1.54, 1.807) is 36.5 Å². The number of imidazole rings is 1. The van der Waals surface area contributed by atoms with E-state index in [1.165, 1.54) is 6.07 Å². The van der Waals surface area contributed by atoms with Gasteiger partial charge in [0.2, 0.25) is 5.91 Å². The Bertz CT molecular complexity index is 1610. The molecule has 182 valence electrons. The molecule has 1 aliphatic rings. The lowest BCUT2D eigenvalue weighted by Crippen LogP contribution is -2.38. The molecule has 0 saturated heterocycles. The Kier molecular flexibility index (Phi) is 5.34. The van der Waals surface area contributed by atoms with Crippen LogP contribution in [-0.2, 0) is 6.42 Å². The third kappa shape index (κ3) is 3.93. The first-order chi connectivity index (χ1) is 17.4. The number of benzene rings is 2. The minimum absolute atomic E-state index is 0.0804. The highest BCUT2D eigenvalue weighted by Crippen LogP contribution is 2.40. The molecule has 1 amide bonds. The lowest BCUT2D eigenvalue weighted by Gasteiger charge is -2.37. The Hall–Kier alpha value is -4.04. The fraction of sp³-hybridized carbons (Fsp3) is 0.250. The summed E-state index contributed by atoms with van der Waals surface area (Å²) in [7, 11) is 0. The van der Waals surface area contributed by atoms with Crippen molar-refractivity contribution in [3.05, 3.63) is 90.1 Å². The van der Waals surface area contributed by atoms with Gasteiger partial charge in [0.25, 0.3) is 0 Å². The molecule has 3 heterocycles. The highest BCUT2D eigenvalue weighted by atomic mass is 19.1. The number of rotatable bonds is 5. The van der Waals surface area contributed by atoms with Crippen molar-refractivity contribution in [2.75, 3.05) is 0 Å². The first-order valence-electron chi connectivity index (χ1n) is 12.1. The number of carbonyl (C=O) groups excluding carboxylic acids is 1. The van der Waals surface area contributed by atoms with Gasteiger partial charge in [-0.05, 0) is 67.6 Å². The van der Waals surface area contributed by atoms with Gasteiger partial charge in [-0.15, -0.1) is 0 Å². The van der Waals surface area contributed by atoms with E-state index in [1.807, 2.05) is 39.7 Å². The minimum Gasteiger partial charge on any atom is -0.389 e. The van der Waals surface area contributed by atoms with Crippen LogP contribution in [0.5, 0.6) is 0 Å². The average molecular weight is 484 g/mol. The Morgan fingerprint density at radius 1 is 1.19 bits per heavy atom. The molecule has 2 atom stereocenters. The fourth-order valence-electron chi connectivity index (χ4n) is 5.52. The largest absolute Gasteiger partial charge is 0.389 e. The van der Waals surface area contributed by atoms with Gasteiger partial charge in [-0.25, -0.2) is 9.37 Å². The number of pyridine rings is 1. The maximum absolute atomic E-state index is 14.4. The summed E-state index contributed by atoms with van der Waals surface area (Å²) in [4.78, 5) is 16.3. The van der Waals surface area contributed by atoms with Crippen LogP contribution in [0.2, 0.25) is 0 Å². The number of amides is 1. The fourth-order valence-corrected chi connectivity index (χ4v) is 5.52. The van der Waals surface area contributed by atoms with Crippen LogP contribution in [0.15, 0.2) is 73.2 Å². The second kappa shape index (κ2) is 8.57. The molecule has 3 aromatic heterocycles. The molecule has 0 bridgehead atoms. The van der Waals surface area contributed by atoms with Crippen molar-refractivity contribution in [3.8, 4) is 11.3 Å². The van der Waals surface area contributed by atoms with Crippen LogP contribution < -0.4 is 5.73 Å². The number of hydrogen-bond donors (Lipinski definition) is 2. The number of halogens is 1. The SMILES string of the molecule is NC(=O)c1ccc2c(c1)c(-c1ccc3nccn3c1)nn2C1CCCC(O)(Cc2ccccc2F)C1. The molecular weight excluding hydrogens is 457 g/mol. The summed E-state index contributed by atoms with van der Waals surface area (Å²) in [5, 5.41) is 17.3. The van der Waals surface area contributed by atoms with Crippen molar-refractivity contribution >= 4 is 22.5 Å². The second-order valence-electron chi connectivity index (χ2n) is 9.74. The zero-order valence-electron chi connectivity index (χ0n) is 19.6. The van der Waals surface area contributed by atoms with E-state index in [9.17, 15) is 14.3 Å². The molecule has 1 aliphatic carbocycles. The predicted octanol–water partition coefficient (Wildman–Crippen LogP) is 4.68. The van der Waals surface area contributed by atoms with Gasteiger partial charge in [-0.1, -0.05) is 18.2 Å². The molecule has 2 aromatic carbocycles. The molecule has 1 saturated carbocycles. The molecule has 0 aliphatic heterocycles. The van der Waals surface area contributed by atoms with Crippen molar-refractivity contribution in [1.29, 1.82) is 0 Å². The van der Waals surface area contributed by atoms with Crippen molar-refractivity contribution in [2.24, 2.45) is 5.73 Å². The first kappa shape index (κ1) is 22.4. The Labute approximate surface area is 207 Å². The maximum atomic E-state index is 14.4. The van der Waals surface area contributed by atoms with Crippen molar-refractivity contribution in [2.45, 2.75) is 43.7 Å². The standard InChI is InChI=1S/C28H26FN5O2/c29-23-6-2-1-4-19(23)15-28(36)11-3-5-21(16-28)34-24-9-7-18(27(30)35)14-22(24)26(32-34)20-8-10-25-31-12-13-33(25)17-20/h1-2,4,6-10,12-14,17,21,36H,3,5,11,15-16H2,(H2,30,35). The third-order valence-electron chi connectivity index (χ3n) is 7.27. The number of nitrogens with zero attached hydrogens (tertiary/aromatic N) is 4. The molecule has 1 fully saturated rings. The molecular formula is C28H26FN5O2. The van der Waals surface area contributed by atoms with Gasteiger partial charge < -0.3 is 15.2 Å². The van der Waals surface area contributed by atoms with Crippen LogP contribution in [0.25, 0.3) is 27.8 Å². The number of aliphatic hydroxyl groups is 1. The van der Waals surface area contributed by atoms with E-state index in [0.29, 0.717) is 24.0 Å². The predicted molar refractivity (Wildman–Crippen MR) is 135 cm³/mol. The van der Waals surface area contributed by atoms with E-state index in [-0.39, 0.29) is 18.3 Å². The Morgan fingerprint density at radius 2 is 2.06 bits per heavy atom. The lowest BCUT2D eigenvalue weighted by atomic mass is 9.78. The molecule has 36 heavy (non-hydrogen) atoms. The van der Waals surface area contributed by atoms with E-state index < -0.39 is 11.5 Å². The number of primary amides is 1. The van der Waals surface area contributed by atoms with Crippen molar-refractivity contribution in [3.63, 3.8) is 0 Å². The summed E-state index contributed by atoms with van der Waals surface area (Å²) in [5.41, 5.74) is 8.77. The molecule has 0 spiro atoms. The number of fused-ring (bicyclic) bond motifs is 2. The van der Waals surface area contributed by atoms with Gasteiger partial charge in [-0.2, -0.15) is 5.10 Å². The van der Waals surface area contributed by atoms with Crippen LogP contribution in [0.3, 0.4) is 0 Å². The lowest BCUT2D eigenvalue weighted by molar-refractivity contribution is -0.0146. The quantitative estimate of drug-likeness (QED) is 0.379. The van der Waals surface area contributed by atoms with Crippen molar-refractivity contribution in [1.82, 2.24) is 19.2 Å². The van der Waals surface area contributed by atoms with Crippen molar-refractivity contribution < 1.29 is 14.3 Å². The highest BCUT2D eigenvalue weighted by molar-refractivity contribution is 6.01. The highest BCUT2D eigenvalue weighted by Gasteiger charge is 2.37.